The number of methoxy groups -OCH3 is 1. The number of carbonyl (C=O) groups excluding carboxylic acids is 2. The van der Waals surface area contributed by atoms with Gasteiger partial charge in [0.2, 0.25) is 0 Å². The summed E-state index contributed by atoms with van der Waals surface area (Å²) in [5.74, 6) is -0.535. The average molecular weight is 446 g/mol. The van der Waals surface area contributed by atoms with Crippen LogP contribution in [0, 0.1) is 5.82 Å². The number of para-hydroxylation sites is 2. The third kappa shape index (κ3) is 4.43. The Labute approximate surface area is 191 Å². The van der Waals surface area contributed by atoms with Gasteiger partial charge in [0.25, 0.3) is 11.8 Å². The number of hydrogen-bond acceptors (Lipinski definition) is 5. The van der Waals surface area contributed by atoms with Crippen LogP contribution in [0.1, 0.15) is 19.4 Å². The molecule has 168 valence electrons. The highest BCUT2D eigenvalue weighted by Gasteiger charge is 2.40. The highest BCUT2D eigenvalue weighted by atomic mass is 19.1. The molecule has 33 heavy (non-hydrogen) atoms. The van der Waals surface area contributed by atoms with E-state index in [0.717, 1.165) is 11.0 Å². The molecule has 7 heteroatoms. The van der Waals surface area contributed by atoms with Crippen LogP contribution in [0.25, 0.3) is 5.57 Å². The van der Waals surface area contributed by atoms with Gasteiger partial charge in [-0.15, -0.1) is 0 Å². The lowest BCUT2D eigenvalue weighted by atomic mass is 10.0. The number of ether oxygens (including phenoxy) is 2. The predicted molar refractivity (Wildman–Crippen MR) is 125 cm³/mol. The maximum Gasteiger partial charge on any atom is 0.282 e. The third-order valence-corrected chi connectivity index (χ3v) is 5.03. The molecule has 6 nitrogen and oxygen atoms in total. The number of imide groups is 1. The number of anilines is 2. The van der Waals surface area contributed by atoms with Crippen LogP contribution in [0.5, 0.6) is 11.5 Å². The molecule has 0 saturated carbocycles. The van der Waals surface area contributed by atoms with Gasteiger partial charge in [0, 0.05) is 0 Å². The van der Waals surface area contributed by atoms with Gasteiger partial charge < -0.3 is 14.8 Å². The molecule has 0 saturated heterocycles. The van der Waals surface area contributed by atoms with Gasteiger partial charge in [-0.3, -0.25) is 9.59 Å². The molecular formula is C26H23FN2O4. The first-order valence-corrected chi connectivity index (χ1v) is 10.4. The zero-order valence-electron chi connectivity index (χ0n) is 18.5. The van der Waals surface area contributed by atoms with Crippen molar-refractivity contribution in [3.63, 3.8) is 0 Å². The topological polar surface area (TPSA) is 67.9 Å². The van der Waals surface area contributed by atoms with E-state index in [1.807, 2.05) is 13.8 Å². The minimum atomic E-state index is -0.589. The summed E-state index contributed by atoms with van der Waals surface area (Å²) in [5.41, 5.74) is 1.45. The number of amides is 2. The number of benzene rings is 3. The summed E-state index contributed by atoms with van der Waals surface area (Å²) in [5, 5.41) is 3.07. The van der Waals surface area contributed by atoms with E-state index in [1.54, 1.807) is 48.5 Å². The molecule has 4 rings (SSSR count). The normalized spacial score (nSPS) is 13.7. The van der Waals surface area contributed by atoms with Gasteiger partial charge in [-0.05, 0) is 61.9 Å². The van der Waals surface area contributed by atoms with Gasteiger partial charge in [-0.25, -0.2) is 9.29 Å². The third-order valence-electron chi connectivity index (χ3n) is 5.03. The molecule has 0 atom stereocenters. The minimum absolute atomic E-state index is 0.00371. The molecule has 0 aliphatic carbocycles. The molecule has 1 aliphatic rings. The number of rotatable bonds is 7. The second-order valence-corrected chi connectivity index (χ2v) is 7.69. The molecule has 0 fully saturated rings. The monoisotopic (exact) mass is 446 g/mol. The summed E-state index contributed by atoms with van der Waals surface area (Å²) in [4.78, 5) is 27.9. The van der Waals surface area contributed by atoms with Crippen LogP contribution in [-0.2, 0) is 9.59 Å². The number of nitrogens with zero attached hydrogens (tertiary/aromatic N) is 1. The van der Waals surface area contributed by atoms with Crippen LogP contribution in [0.15, 0.2) is 78.5 Å². The van der Waals surface area contributed by atoms with Gasteiger partial charge in [-0.2, -0.15) is 0 Å². The Morgan fingerprint density at radius 1 is 0.909 bits per heavy atom. The maximum atomic E-state index is 13.9. The van der Waals surface area contributed by atoms with E-state index in [1.165, 1.54) is 25.3 Å². The van der Waals surface area contributed by atoms with E-state index >= 15 is 0 Å². The molecule has 0 aromatic heterocycles. The van der Waals surface area contributed by atoms with Gasteiger partial charge in [0.15, 0.2) is 0 Å². The highest BCUT2D eigenvalue weighted by Crippen LogP contribution is 2.36. The Morgan fingerprint density at radius 2 is 1.64 bits per heavy atom. The van der Waals surface area contributed by atoms with Crippen molar-refractivity contribution in [3.05, 3.63) is 89.9 Å². The van der Waals surface area contributed by atoms with E-state index < -0.39 is 17.6 Å². The second-order valence-electron chi connectivity index (χ2n) is 7.69. The average Bonchev–Trinajstić information content (AvgIpc) is 3.03. The number of nitrogens with one attached hydrogen (secondary N) is 1. The molecule has 1 heterocycles. The second kappa shape index (κ2) is 9.16. The van der Waals surface area contributed by atoms with Crippen LogP contribution >= 0.6 is 0 Å². The molecule has 0 radical (unpaired) electrons. The summed E-state index contributed by atoms with van der Waals surface area (Å²) in [6.45, 7) is 3.84. The van der Waals surface area contributed by atoms with E-state index in [4.69, 9.17) is 9.47 Å². The minimum Gasteiger partial charge on any atom is -0.495 e. The lowest BCUT2D eigenvalue weighted by molar-refractivity contribution is -0.120. The quantitative estimate of drug-likeness (QED) is 0.517. The lowest BCUT2D eigenvalue weighted by Gasteiger charge is -2.16. The van der Waals surface area contributed by atoms with Crippen LogP contribution in [-0.4, -0.2) is 25.0 Å². The fraction of sp³-hybridized carbons (Fsp3) is 0.154. The summed E-state index contributed by atoms with van der Waals surface area (Å²) in [6.07, 6.45) is -0.00371. The van der Waals surface area contributed by atoms with Crippen molar-refractivity contribution >= 4 is 28.8 Å². The Balaban J connectivity index is 1.80. The SMILES string of the molecule is COc1ccccc1NC1=C(c2ccc(OC(C)C)cc2)C(=O)N(c2cccc(F)c2)C1=O. The van der Waals surface area contributed by atoms with Crippen LogP contribution < -0.4 is 19.7 Å². The predicted octanol–water partition coefficient (Wildman–Crippen LogP) is 5.02. The Morgan fingerprint density at radius 3 is 2.30 bits per heavy atom. The van der Waals surface area contributed by atoms with Crippen LogP contribution in [0.3, 0.4) is 0 Å². The Kier molecular flexibility index (Phi) is 6.13. The van der Waals surface area contributed by atoms with E-state index in [0.29, 0.717) is 22.7 Å². The Bertz CT molecular complexity index is 1240. The van der Waals surface area contributed by atoms with Gasteiger partial charge >= 0.3 is 0 Å². The number of hydrogen-bond donors (Lipinski definition) is 1. The molecule has 2 amide bonds. The first-order chi connectivity index (χ1) is 15.9. The van der Waals surface area contributed by atoms with Gasteiger partial charge in [-0.1, -0.05) is 30.3 Å². The largest absolute Gasteiger partial charge is 0.495 e. The van der Waals surface area contributed by atoms with Crippen molar-refractivity contribution in [2.45, 2.75) is 20.0 Å². The standard InChI is InChI=1S/C26H23FN2O4/c1-16(2)33-20-13-11-17(12-14-20)23-24(28-21-9-4-5-10-22(21)32-3)26(31)29(25(23)30)19-8-6-7-18(27)15-19/h4-16,28H,1-3H3. The van der Waals surface area contributed by atoms with Crippen LogP contribution in [0.2, 0.25) is 0 Å². The smallest absolute Gasteiger partial charge is 0.282 e. The summed E-state index contributed by atoms with van der Waals surface area (Å²) in [6, 6.07) is 19.4. The van der Waals surface area contributed by atoms with Crippen molar-refractivity contribution in [2.75, 3.05) is 17.3 Å². The summed E-state index contributed by atoms with van der Waals surface area (Å²) < 4.78 is 24.9. The van der Waals surface area contributed by atoms with Gasteiger partial charge in [0.1, 0.15) is 23.0 Å². The van der Waals surface area contributed by atoms with Gasteiger partial charge in [0.05, 0.1) is 30.2 Å². The first kappa shape index (κ1) is 22.1. The fourth-order valence-corrected chi connectivity index (χ4v) is 3.62. The molecule has 1 aliphatic heterocycles. The first-order valence-electron chi connectivity index (χ1n) is 10.4. The molecule has 3 aromatic carbocycles. The lowest BCUT2D eigenvalue weighted by Crippen LogP contribution is -2.32. The van der Waals surface area contributed by atoms with E-state index in [9.17, 15) is 14.0 Å². The number of carbonyl (C=O) groups is 2. The molecule has 0 bridgehead atoms. The molecule has 0 spiro atoms. The molecule has 3 aromatic rings. The van der Waals surface area contributed by atoms with Crippen molar-refractivity contribution < 1.29 is 23.5 Å². The van der Waals surface area contributed by atoms with Crippen molar-refractivity contribution in [1.82, 2.24) is 0 Å². The summed E-state index contributed by atoms with van der Waals surface area (Å²) >= 11 is 0. The zero-order valence-corrected chi connectivity index (χ0v) is 18.5. The van der Waals surface area contributed by atoms with Crippen molar-refractivity contribution in [1.29, 1.82) is 0 Å². The van der Waals surface area contributed by atoms with E-state index in [-0.39, 0.29) is 23.1 Å². The Hall–Kier alpha value is -4.13. The summed E-state index contributed by atoms with van der Waals surface area (Å²) in [7, 11) is 1.52. The number of halogens is 1. The highest BCUT2D eigenvalue weighted by molar-refractivity contribution is 6.46. The van der Waals surface area contributed by atoms with Crippen molar-refractivity contribution in [2.24, 2.45) is 0 Å². The molecule has 0 unspecified atom stereocenters. The van der Waals surface area contributed by atoms with E-state index in [2.05, 4.69) is 5.32 Å². The molecular weight excluding hydrogens is 423 g/mol. The molecule has 1 N–H and O–H groups in total. The fourth-order valence-electron chi connectivity index (χ4n) is 3.62. The maximum absolute atomic E-state index is 13.9. The zero-order chi connectivity index (χ0) is 23.5. The van der Waals surface area contributed by atoms with Crippen LogP contribution in [0.4, 0.5) is 15.8 Å². The van der Waals surface area contributed by atoms with Crippen molar-refractivity contribution in [3.8, 4) is 11.5 Å².